The van der Waals surface area contributed by atoms with Crippen molar-refractivity contribution in [2.24, 2.45) is 5.92 Å². The summed E-state index contributed by atoms with van der Waals surface area (Å²) in [6, 6.07) is -0.617. The Kier molecular flexibility index (Phi) is 8.35. The Morgan fingerprint density at radius 1 is 1.48 bits per heavy atom. The van der Waals surface area contributed by atoms with Crippen molar-refractivity contribution in [3.63, 3.8) is 0 Å². The standard InChI is InChI=1S/C15H25IN4O3/c1-5-6-7-20(9-12-17-8-11(16)18-12)14(21)13(10(2)3)19-15(22)23-4/h8,10,13H,5-7,9H2,1-4H3,(H,17,18)(H,19,22)/t13-/m0/s1. The lowest BCUT2D eigenvalue weighted by Crippen LogP contribution is -2.51. The summed E-state index contributed by atoms with van der Waals surface area (Å²) in [5.74, 6) is 0.576. The summed E-state index contributed by atoms with van der Waals surface area (Å²) in [6.07, 6.45) is 3.01. The highest BCUT2D eigenvalue weighted by Gasteiger charge is 2.29. The third kappa shape index (κ3) is 6.36. The first-order valence-electron chi connectivity index (χ1n) is 7.71. The zero-order valence-corrected chi connectivity index (χ0v) is 16.2. The fourth-order valence-electron chi connectivity index (χ4n) is 2.11. The van der Waals surface area contributed by atoms with Crippen LogP contribution in [0.1, 0.15) is 39.4 Å². The first-order valence-corrected chi connectivity index (χ1v) is 8.79. The predicted molar refractivity (Wildman–Crippen MR) is 95.8 cm³/mol. The quantitative estimate of drug-likeness (QED) is 0.614. The van der Waals surface area contributed by atoms with Crippen molar-refractivity contribution in [2.45, 2.75) is 46.2 Å². The van der Waals surface area contributed by atoms with Gasteiger partial charge in [-0.15, -0.1) is 0 Å². The molecule has 0 aromatic carbocycles. The molecule has 1 aromatic rings. The Hall–Kier alpha value is -1.32. The SMILES string of the molecule is CCCCN(Cc1ncc(I)[nH]1)C(=O)[C@@H](NC(=O)OC)C(C)C. The summed E-state index contributed by atoms with van der Waals surface area (Å²) in [7, 11) is 1.29. The lowest BCUT2D eigenvalue weighted by molar-refractivity contribution is -0.135. The van der Waals surface area contributed by atoms with Gasteiger partial charge < -0.3 is 19.9 Å². The summed E-state index contributed by atoms with van der Waals surface area (Å²) in [5.41, 5.74) is 0. The van der Waals surface area contributed by atoms with Crippen LogP contribution in [0.3, 0.4) is 0 Å². The maximum absolute atomic E-state index is 12.9. The van der Waals surface area contributed by atoms with Crippen LogP contribution in [0.15, 0.2) is 6.20 Å². The fourth-order valence-corrected chi connectivity index (χ4v) is 2.56. The summed E-state index contributed by atoms with van der Waals surface area (Å²) in [6.45, 7) is 6.89. The molecule has 0 aliphatic rings. The molecule has 1 rings (SSSR count). The molecule has 0 aliphatic heterocycles. The van der Waals surface area contributed by atoms with Gasteiger partial charge >= 0.3 is 6.09 Å². The van der Waals surface area contributed by atoms with E-state index in [-0.39, 0.29) is 11.8 Å². The maximum Gasteiger partial charge on any atom is 0.407 e. The topological polar surface area (TPSA) is 87.3 Å². The van der Waals surface area contributed by atoms with Crippen LogP contribution in [-0.2, 0) is 16.1 Å². The van der Waals surface area contributed by atoms with E-state index in [0.29, 0.717) is 13.1 Å². The third-order valence-electron chi connectivity index (χ3n) is 3.42. The number of rotatable bonds is 8. The van der Waals surface area contributed by atoms with Gasteiger partial charge in [-0.2, -0.15) is 0 Å². The molecular formula is C15H25IN4O3. The van der Waals surface area contributed by atoms with E-state index in [1.54, 1.807) is 11.1 Å². The van der Waals surface area contributed by atoms with E-state index in [2.05, 4.69) is 49.5 Å². The van der Waals surface area contributed by atoms with Crippen LogP contribution < -0.4 is 5.32 Å². The normalized spacial score (nSPS) is 12.1. The number of imidazole rings is 1. The van der Waals surface area contributed by atoms with Crippen LogP contribution in [-0.4, -0.2) is 46.6 Å². The van der Waals surface area contributed by atoms with Gasteiger partial charge in [-0.05, 0) is 34.9 Å². The molecule has 23 heavy (non-hydrogen) atoms. The van der Waals surface area contributed by atoms with Crippen LogP contribution in [0.4, 0.5) is 4.79 Å². The second-order valence-corrected chi connectivity index (χ2v) is 6.81. The summed E-state index contributed by atoms with van der Waals surface area (Å²) < 4.78 is 5.55. The second kappa shape index (κ2) is 9.74. The molecule has 0 spiro atoms. The zero-order chi connectivity index (χ0) is 17.4. The molecule has 0 bridgehead atoms. The number of hydrogen-bond acceptors (Lipinski definition) is 4. The number of alkyl carbamates (subject to hydrolysis) is 1. The Morgan fingerprint density at radius 3 is 2.65 bits per heavy atom. The summed E-state index contributed by atoms with van der Waals surface area (Å²) >= 11 is 2.14. The van der Waals surface area contributed by atoms with Crippen molar-refractivity contribution in [3.8, 4) is 0 Å². The maximum atomic E-state index is 12.9. The molecule has 2 N–H and O–H groups in total. The molecule has 1 atom stereocenters. The average Bonchev–Trinajstić information content (AvgIpc) is 2.92. The van der Waals surface area contributed by atoms with Crippen molar-refractivity contribution in [2.75, 3.05) is 13.7 Å². The van der Waals surface area contributed by atoms with E-state index in [1.807, 2.05) is 13.8 Å². The van der Waals surface area contributed by atoms with E-state index in [1.165, 1.54) is 7.11 Å². The number of H-pyrrole nitrogens is 1. The van der Waals surface area contributed by atoms with Gasteiger partial charge in [0.1, 0.15) is 11.9 Å². The number of aromatic amines is 1. The van der Waals surface area contributed by atoms with Gasteiger partial charge in [0.25, 0.3) is 0 Å². The molecule has 0 saturated heterocycles. The van der Waals surface area contributed by atoms with Gasteiger partial charge in [0, 0.05) is 6.54 Å². The van der Waals surface area contributed by atoms with E-state index >= 15 is 0 Å². The van der Waals surface area contributed by atoms with Crippen LogP contribution >= 0.6 is 22.6 Å². The average molecular weight is 436 g/mol. The Labute approximate surface area is 150 Å². The highest BCUT2D eigenvalue weighted by Crippen LogP contribution is 2.11. The van der Waals surface area contributed by atoms with Gasteiger partial charge in [-0.25, -0.2) is 9.78 Å². The number of methoxy groups -OCH3 is 1. The number of unbranched alkanes of at least 4 members (excludes halogenated alkanes) is 1. The Bertz CT molecular complexity index is 519. The minimum Gasteiger partial charge on any atom is -0.453 e. The Balaban J connectivity index is 2.88. The molecule has 0 saturated carbocycles. The molecule has 1 aromatic heterocycles. The Morgan fingerprint density at radius 2 is 2.17 bits per heavy atom. The van der Waals surface area contributed by atoms with Gasteiger partial charge in [-0.1, -0.05) is 27.2 Å². The third-order valence-corrected chi connectivity index (χ3v) is 3.97. The summed E-state index contributed by atoms with van der Waals surface area (Å²) in [4.78, 5) is 33.5. The van der Waals surface area contributed by atoms with Crippen LogP contribution in [0.25, 0.3) is 0 Å². The first kappa shape index (κ1) is 19.7. The molecule has 2 amide bonds. The molecule has 1 heterocycles. The highest BCUT2D eigenvalue weighted by atomic mass is 127. The van der Waals surface area contributed by atoms with E-state index in [9.17, 15) is 9.59 Å². The lowest BCUT2D eigenvalue weighted by atomic mass is 10.0. The van der Waals surface area contributed by atoms with Crippen LogP contribution in [0, 0.1) is 9.62 Å². The smallest absolute Gasteiger partial charge is 0.407 e. The van der Waals surface area contributed by atoms with Crippen molar-refractivity contribution in [1.82, 2.24) is 20.2 Å². The molecule has 0 radical (unpaired) electrons. The molecular weight excluding hydrogens is 411 g/mol. The van der Waals surface area contributed by atoms with E-state index in [4.69, 9.17) is 0 Å². The summed E-state index contributed by atoms with van der Waals surface area (Å²) in [5, 5.41) is 2.63. The second-order valence-electron chi connectivity index (χ2n) is 5.65. The minimum atomic E-state index is -0.617. The highest BCUT2D eigenvalue weighted by molar-refractivity contribution is 14.1. The van der Waals surface area contributed by atoms with Gasteiger partial charge in [0.05, 0.1) is 23.6 Å². The molecule has 7 nitrogen and oxygen atoms in total. The van der Waals surface area contributed by atoms with Gasteiger partial charge in [0.15, 0.2) is 0 Å². The number of hydrogen-bond donors (Lipinski definition) is 2. The fraction of sp³-hybridized carbons (Fsp3) is 0.667. The number of nitrogens with one attached hydrogen (secondary N) is 2. The molecule has 8 heteroatoms. The van der Waals surface area contributed by atoms with Crippen LogP contribution in [0.2, 0.25) is 0 Å². The largest absolute Gasteiger partial charge is 0.453 e. The first-order chi connectivity index (χ1) is 10.9. The van der Waals surface area contributed by atoms with Crippen molar-refractivity contribution >= 4 is 34.6 Å². The number of halogens is 1. The number of carbonyl (C=O) groups excluding carboxylic acids is 2. The number of nitrogens with zero attached hydrogens (tertiary/aromatic N) is 2. The van der Waals surface area contributed by atoms with Crippen LogP contribution in [0.5, 0.6) is 0 Å². The molecule has 0 fully saturated rings. The van der Waals surface area contributed by atoms with E-state index < -0.39 is 12.1 Å². The zero-order valence-electron chi connectivity index (χ0n) is 14.1. The van der Waals surface area contributed by atoms with Crippen molar-refractivity contribution < 1.29 is 14.3 Å². The van der Waals surface area contributed by atoms with Gasteiger partial charge in [-0.3, -0.25) is 4.79 Å². The monoisotopic (exact) mass is 436 g/mol. The molecule has 0 unspecified atom stereocenters. The molecule has 130 valence electrons. The van der Waals surface area contributed by atoms with Gasteiger partial charge in [0.2, 0.25) is 5.91 Å². The number of amides is 2. The molecule has 0 aliphatic carbocycles. The number of carbonyl (C=O) groups is 2. The van der Waals surface area contributed by atoms with Crippen molar-refractivity contribution in [3.05, 3.63) is 15.7 Å². The minimum absolute atomic E-state index is 0.0394. The predicted octanol–water partition coefficient (Wildman–Crippen LogP) is 2.52. The number of aromatic nitrogens is 2. The lowest BCUT2D eigenvalue weighted by Gasteiger charge is -2.29. The van der Waals surface area contributed by atoms with Crippen molar-refractivity contribution in [1.29, 1.82) is 0 Å². The van der Waals surface area contributed by atoms with E-state index in [0.717, 1.165) is 22.4 Å². The number of ether oxygens (including phenoxy) is 1.